The van der Waals surface area contributed by atoms with E-state index >= 15 is 0 Å². The van der Waals surface area contributed by atoms with Crippen molar-refractivity contribution in [3.05, 3.63) is 69.0 Å². The summed E-state index contributed by atoms with van der Waals surface area (Å²) in [5.74, 6) is 0.683. The molecule has 1 aromatic heterocycles. The summed E-state index contributed by atoms with van der Waals surface area (Å²) in [5.41, 5.74) is 3.27. The average molecular weight is 329 g/mol. The lowest BCUT2D eigenvalue weighted by Crippen LogP contribution is -2.15. The lowest BCUT2D eigenvalue weighted by atomic mass is 10.1. The maximum absolute atomic E-state index is 12.2. The molecule has 0 aliphatic carbocycles. The first-order valence-electron chi connectivity index (χ1n) is 7.27. The van der Waals surface area contributed by atoms with Crippen molar-refractivity contribution in [1.82, 2.24) is 4.98 Å². The van der Waals surface area contributed by atoms with Crippen molar-refractivity contribution >= 4 is 28.2 Å². The SMILES string of the molecule is COc1ccc(Cl)cc1NCc1cc2ccc(C)cc2[nH]c1=O. The molecule has 0 atom stereocenters. The van der Waals surface area contributed by atoms with Gasteiger partial charge in [0.25, 0.3) is 5.56 Å². The number of rotatable bonds is 4. The fourth-order valence-electron chi connectivity index (χ4n) is 2.50. The number of aromatic amines is 1. The Kier molecular flexibility index (Phi) is 4.26. The van der Waals surface area contributed by atoms with Crippen LogP contribution in [-0.2, 0) is 6.54 Å². The molecule has 2 aromatic carbocycles. The lowest BCUT2D eigenvalue weighted by Gasteiger charge is -2.11. The molecule has 0 radical (unpaired) electrons. The lowest BCUT2D eigenvalue weighted by molar-refractivity contribution is 0.416. The Morgan fingerprint density at radius 1 is 1.17 bits per heavy atom. The zero-order chi connectivity index (χ0) is 16.4. The van der Waals surface area contributed by atoms with E-state index in [0.29, 0.717) is 22.9 Å². The van der Waals surface area contributed by atoms with Gasteiger partial charge in [0, 0.05) is 22.6 Å². The van der Waals surface area contributed by atoms with Crippen molar-refractivity contribution in [2.24, 2.45) is 0 Å². The first-order valence-corrected chi connectivity index (χ1v) is 7.64. The number of hydrogen-bond acceptors (Lipinski definition) is 3. The number of anilines is 1. The third kappa shape index (κ3) is 3.32. The van der Waals surface area contributed by atoms with Crippen molar-refractivity contribution in [2.75, 3.05) is 12.4 Å². The van der Waals surface area contributed by atoms with Crippen LogP contribution in [0.2, 0.25) is 5.02 Å². The van der Waals surface area contributed by atoms with Crippen LogP contribution in [0.3, 0.4) is 0 Å². The third-order valence-electron chi connectivity index (χ3n) is 3.71. The van der Waals surface area contributed by atoms with Gasteiger partial charge >= 0.3 is 0 Å². The summed E-state index contributed by atoms with van der Waals surface area (Å²) in [4.78, 5) is 15.2. The average Bonchev–Trinajstić information content (AvgIpc) is 2.53. The quantitative estimate of drug-likeness (QED) is 0.757. The largest absolute Gasteiger partial charge is 0.495 e. The first-order chi connectivity index (χ1) is 11.1. The maximum Gasteiger partial charge on any atom is 0.253 e. The topological polar surface area (TPSA) is 54.1 Å². The van der Waals surface area contributed by atoms with Crippen molar-refractivity contribution in [3.63, 3.8) is 0 Å². The highest BCUT2D eigenvalue weighted by atomic mass is 35.5. The zero-order valence-corrected chi connectivity index (χ0v) is 13.7. The van der Waals surface area contributed by atoms with Crippen LogP contribution in [0.1, 0.15) is 11.1 Å². The highest BCUT2D eigenvalue weighted by Gasteiger charge is 2.07. The van der Waals surface area contributed by atoms with Gasteiger partial charge in [-0.1, -0.05) is 23.7 Å². The second kappa shape index (κ2) is 6.34. The van der Waals surface area contributed by atoms with E-state index in [4.69, 9.17) is 16.3 Å². The van der Waals surface area contributed by atoms with Crippen molar-refractivity contribution in [1.29, 1.82) is 0 Å². The number of methoxy groups -OCH3 is 1. The smallest absolute Gasteiger partial charge is 0.253 e. The number of pyridine rings is 1. The summed E-state index contributed by atoms with van der Waals surface area (Å²) in [7, 11) is 1.60. The molecule has 0 fully saturated rings. The molecular formula is C18H17ClN2O2. The monoisotopic (exact) mass is 328 g/mol. The van der Waals surface area contributed by atoms with E-state index in [1.165, 1.54) is 0 Å². The number of aryl methyl sites for hydroxylation is 1. The Morgan fingerprint density at radius 3 is 2.78 bits per heavy atom. The number of hydrogen-bond donors (Lipinski definition) is 2. The summed E-state index contributed by atoms with van der Waals surface area (Å²) in [6.07, 6.45) is 0. The molecule has 0 aliphatic rings. The Balaban J connectivity index is 1.90. The molecule has 0 amide bonds. The van der Waals surface area contributed by atoms with E-state index in [0.717, 1.165) is 22.2 Å². The van der Waals surface area contributed by atoms with Gasteiger partial charge in [-0.2, -0.15) is 0 Å². The molecule has 0 saturated heterocycles. The normalized spacial score (nSPS) is 10.7. The molecule has 23 heavy (non-hydrogen) atoms. The standard InChI is InChI=1S/C18H17ClN2O2/c1-11-3-4-12-8-13(18(22)21-15(12)7-11)10-20-16-9-14(19)5-6-17(16)23-2/h3-9,20H,10H2,1-2H3,(H,21,22). The highest BCUT2D eigenvalue weighted by Crippen LogP contribution is 2.28. The number of ether oxygens (including phenoxy) is 1. The predicted octanol–water partition coefficient (Wildman–Crippen LogP) is 4.11. The van der Waals surface area contributed by atoms with Crippen molar-refractivity contribution < 1.29 is 4.74 Å². The van der Waals surface area contributed by atoms with E-state index in [2.05, 4.69) is 10.3 Å². The van der Waals surface area contributed by atoms with Crippen LogP contribution in [-0.4, -0.2) is 12.1 Å². The van der Waals surface area contributed by atoms with Crippen LogP contribution >= 0.6 is 11.6 Å². The molecule has 0 aliphatic heterocycles. The summed E-state index contributed by atoms with van der Waals surface area (Å²) in [6.45, 7) is 2.38. The molecule has 1 heterocycles. The summed E-state index contributed by atoms with van der Waals surface area (Å²) in [5, 5.41) is 4.82. The fourth-order valence-corrected chi connectivity index (χ4v) is 2.67. The predicted molar refractivity (Wildman–Crippen MR) is 94.6 cm³/mol. The van der Waals surface area contributed by atoms with Crippen LogP contribution < -0.4 is 15.6 Å². The van der Waals surface area contributed by atoms with Gasteiger partial charge in [-0.3, -0.25) is 4.79 Å². The molecule has 3 aromatic rings. The Morgan fingerprint density at radius 2 is 2.00 bits per heavy atom. The van der Waals surface area contributed by atoms with Gasteiger partial charge in [0.15, 0.2) is 0 Å². The summed E-state index contributed by atoms with van der Waals surface area (Å²) >= 11 is 6.02. The first kappa shape index (κ1) is 15.4. The molecular weight excluding hydrogens is 312 g/mol. The van der Waals surface area contributed by atoms with E-state index in [-0.39, 0.29) is 5.56 Å². The number of fused-ring (bicyclic) bond motifs is 1. The van der Waals surface area contributed by atoms with Crippen LogP contribution in [0.15, 0.2) is 47.3 Å². The van der Waals surface area contributed by atoms with E-state index in [9.17, 15) is 4.79 Å². The number of halogens is 1. The minimum atomic E-state index is -0.100. The number of aromatic nitrogens is 1. The van der Waals surface area contributed by atoms with Crippen LogP contribution in [0, 0.1) is 6.92 Å². The minimum absolute atomic E-state index is 0.100. The molecule has 118 valence electrons. The Labute approximate surface area is 139 Å². The third-order valence-corrected chi connectivity index (χ3v) is 3.94. The van der Waals surface area contributed by atoms with Gasteiger partial charge in [0.2, 0.25) is 0 Å². The van der Waals surface area contributed by atoms with Gasteiger partial charge < -0.3 is 15.0 Å². The van der Waals surface area contributed by atoms with E-state index in [1.807, 2.05) is 31.2 Å². The maximum atomic E-state index is 12.2. The molecule has 0 saturated carbocycles. The molecule has 0 bridgehead atoms. The molecule has 2 N–H and O–H groups in total. The van der Waals surface area contributed by atoms with E-state index in [1.54, 1.807) is 25.3 Å². The summed E-state index contributed by atoms with van der Waals surface area (Å²) in [6, 6.07) is 13.2. The minimum Gasteiger partial charge on any atom is -0.495 e. The Bertz CT molecular complexity index is 919. The van der Waals surface area contributed by atoms with Gasteiger partial charge in [-0.25, -0.2) is 0 Å². The second-order valence-corrected chi connectivity index (χ2v) is 5.85. The van der Waals surface area contributed by atoms with E-state index < -0.39 is 0 Å². The molecule has 0 spiro atoms. The molecule has 0 unspecified atom stereocenters. The van der Waals surface area contributed by atoms with Crippen molar-refractivity contribution in [3.8, 4) is 5.75 Å². The van der Waals surface area contributed by atoms with Gasteiger partial charge in [-0.15, -0.1) is 0 Å². The number of nitrogens with one attached hydrogen (secondary N) is 2. The van der Waals surface area contributed by atoms with Gasteiger partial charge in [-0.05, 0) is 48.2 Å². The number of H-pyrrole nitrogens is 1. The molecule has 4 nitrogen and oxygen atoms in total. The van der Waals surface area contributed by atoms with Crippen LogP contribution in [0.25, 0.3) is 10.9 Å². The molecule has 5 heteroatoms. The highest BCUT2D eigenvalue weighted by molar-refractivity contribution is 6.30. The fraction of sp³-hybridized carbons (Fsp3) is 0.167. The molecule has 3 rings (SSSR count). The van der Waals surface area contributed by atoms with Gasteiger partial charge in [0.05, 0.1) is 12.8 Å². The van der Waals surface area contributed by atoms with Gasteiger partial charge in [0.1, 0.15) is 5.75 Å². The Hall–Kier alpha value is -2.46. The second-order valence-electron chi connectivity index (χ2n) is 5.41. The van der Waals surface area contributed by atoms with Crippen LogP contribution in [0.5, 0.6) is 5.75 Å². The van der Waals surface area contributed by atoms with Crippen LogP contribution in [0.4, 0.5) is 5.69 Å². The number of benzene rings is 2. The van der Waals surface area contributed by atoms with Crippen molar-refractivity contribution in [2.45, 2.75) is 13.5 Å². The zero-order valence-electron chi connectivity index (χ0n) is 12.9. The summed E-state index contributed by atoms with van der Waals surface area (Å²) < 4.78 is 5.30.